The molecule has 1 amide bonds. The number of anilines is 1. The molecule has 0 saturated carbocycles. The highest BCUT2D eigenvalue weighted by Crippen LogP contribution is 2.29. The Balaban J connectivity index is 2.02. The van der Waals surface area contributed by atoms with Gasteiger partial charge in [-0.15, -0.1) is 0 Å². The molecular formula is C18H28N4O2S. The maximum Gasteiger partial charge on any atom is 0.411 e. The molecule has 7 heteroatoms. The summed E-state index contributed by atoms with van der Waals surface area (Å²) < 4.78 is 4.83. The van der Waals surface area contributed by atoms with Gasteiger partial charge in [0.05, 0.1) is 13.7 Å². The molecule has 1 saturated heterocycles. The minimum absolute atomic E-state index is 0.246. The van der Waals surface area contributed by atoms with E-state index in [1.54, 1.807) is 0 Å². The van der Waals surface area contributed by atoms with Gasteiger partial charge in [0.15, 0.2) is 5.96 Å². The van der Waals surface area contributed by atoms with Crippen molar-refractivity contribution in [3.8, 4) is 0 Å². The second-order valence-electron chi connectivity index (χ2n) is 6.51. The molecule has 1 aliphatic rings. The molecule has 0 radical (unpaired) electrons. The number of guanidine groups is 1. The van der Waals surface area contributed by atoms with Crippen molar-refractivity contribution in [1.82, 2.24) is 10.2 Å². The van der Waals surface area contributed by atoms with Crippen LogP contribution in [0, 0.1) is 0 Å². The Morgan fingerprint density at radius 3 is 2.68 bits per heavy atom. The number of thioether (sulfide) groups is 1. The molecule has 0 aromatic heterocycles. The first-order valence-corrected chi connectivity index (χ1v) is 9.53. The monoisotopic (exact) mass is 364 g/mol. The van der Waals surface area contributed by atoms with Crippen molar-refractivity contribution in [2.45, 2.75) is 32.1 Å². The Hall–Kier alpha value is -1.89. The van der Waals surface area contributed by atoms with Crippen LogP contribution >= 0.6 is 11.8 Å². The van der Waals surface area contributed by atoms with Gasteiger partial charge < -0.3 is 15.0 Å². The number of ether oxygens (including phenoxy) is 1. The fourth-order valence-corrected chi connectivity index (χ4v) is 3.76. The summed E-state index contributed by atoms with van der Waals surface area (Å²) in [6.07, 6.45) is -0.467. The molecule has 138 valence electrons. The third kappa shape index (κ3) is 6.16. The van der Waals surface area contributed by atoms with Crippen molar-refractivity contribution in [2.24, 2.45) is 4.99 Å². The topological polar surface area (TPSA) is 66.0 Å². The summed E-state index contributed by atoms with van der Waals surface area (Å²) in [6.45, 7) is 10.1. The number of benzene rings is 1. The van der Waals surface area contributed by atoms with Gasteiger partial charge >= 0.3 is 6.09 Å². The minimum Gasteiger partial charge on any atom is -0.453 e. The van der Waals surface area contributed by atoms with Crippen LogP contribution in [0.1, 0.15) is 26.3 Å². The molecule has 1 aromatic carbocycles. The maximum absolute atomic E-state index is 11.2. The van der Waals surface area contributed by atoms with E-state index < -0.39 is 6.09 Å². The average Bonchev–Trinajstić information content (AvgIpc) is 2.59. The van der Waals surface area contributed by atoms with Crippen molar-refractivity contribution in [1.29, 1.82) is 0 Å². The normalized spacial score (nSPS) is 17.1. The molecule has 0 spiro atoms. The quantitative estimate of drug-likeness (QED) is 0.635. The van der Waals surface area contributed by atoms with Gasteiger partial charge in [0.25, 0.3) is 0 Å². The van der Waals surface area contributed by atoms with Gasteiger partial charge in [-0.3, -0.25) is 5.32 Å². The number of rotatable bonds is 4. The number of nitrogens with one attached hydrogen (secondary N) is 2. The average molecular weight is 365 g/mol. The smallest absolute Gasteiger partial charge is 0.411 e. The van der Waals surface area contributed by atoms with Gasteiger partial charge in [-0.25, -0.2) is 9.79 Å². The van der Waals surface area contributed by atoms with Crippen LogP contribution in [0.2, 0.25) is 0 Å². The Morgan fingerprint density at radius 1 is 1.36 bits per heavy atom. The van der Waals surface area contributed by atoms with Crippen LogP contribution in [0.15, 0.2) is 29.3 Å². The molecule has 0 atom stereocenters. The second-order valence-corrected chi connectivity index (χ2v) is 8.32. The van der Waals surface area contributed by atoms with Gasteiger partial charge in [0, 0.05) is 35.8 Å². The number of aliphatic imine (C=N–C) groups is 1. The van der Waals surface area contributed by atoms with Crippen molar-refractivity contribution < 1.29 is 9.53 Å². The van der Waals surface area contributed by atoms with E-state index in [9.17, 15) is 4.79 Å². The lowest BCUT2D eigenvalue weighted by atomic mass is 10.2. The van der Waals surface area contributed by atoms with E-state index in [0.717, 1.165) is 36.9 Å². The van der Waals surface area contributed by atoms with E-state index in [-0.39, 0.29) is 4.75 Å². The molecule has 0 unspecified atom stereocenters. The Morgan fingerprint density at radius 2 is 2.08 bits per heavy atom. The molecule has 25 heavy (non-hydrogen) atoms. The zero-order valence-corrected chi connectivity index (χ0v) is 16.3. The van der Waals surface area contributed by atoms with E-state index in [1.165, 1.54) is 7.11 Å². The lowest BCUT2D eigenvalue weighted by molar-refractivity contribution is 0.187. The first kappa shape index (κ1) is 19.4. The number of methoxy groups -OCH3 is 1. The molecule has 1 aromatic rings. The van der Waals surface area contributed by atoms with E-state index in [1.807, 2.05) is 36.0 Å². The predicted octanol–water partition coefficient (Wildman–Crippen LogP) is 3.16. The number of hydrogen-bond donors (Lipinski definition) is 2. The first-order chi connectivity index (χ1) is 11.9. The van der Waals surface area contributed by atoms with Gasteiger partial charge in [-0.1, -0.05) is 12.1 Å². The van der Waals surface area contributed by atoms with Crippen molar-refractivity contribution >= 4 is 29.5 Å². The summed E-state index contributed by atoms with van der Waals surface area (Å²) in [5.41, 5.74) is 1.80. The molecule has 2 N–H and O–H groups in total. The molecule has 1 aliphatic heterocycles. The molecular weight excluding hydrogens is 336 g/mol. The van der Waals surface area contributed by atoms with E-state index in [4.69, 9.17) is 4.99 Å². The zero-order chi connectivity index (χ0) is 18.3. The molecule has 1 fully saturated rings. The fraction of sp³-hybridized carbons (Fsp3) is 0.556. The number of nitrogens with zero attached hydrogens (tertiary/aromatic N) is 2. The zero-order valence-electron chi connectivity index (χ0n) is 15.5. The highest BCUT2D eigenvalue weighted by atomic mass is 32.2. The summed E-state index contributed by atoms with van der Waals surface area (Å²) in [7, 11) is 1.35. The predicted molar refractivity (Wildman–Crippen MR) is 105 cm³/mol. The third-order valence-electron chi connectivity index (χ3n) is 3.86. The van der Waals surface area contributed by atoms with Crippen molar-refractivity contribution in [2.75, 3.05) is 37.8 Å². The van der Waals surface area contributed by atoms with Crippen LogP contribution in [0.4, 0.5) is 10.5 Å². The Kier molecular flexibility index (Phi) is 6.99. The third-order valence-corrected chi connectivity index (χ3v) is 5.15. The fourth-order valence-electron chi connectivity index (χ4n) is 2.65. The van der Waals surface area contributed by atoms with Crippen molar-refractivity contribution in [3.63, 3.8) is 0 Å². The Bertz CT molecular complexity index is 602. The SMILES string of the molecule is CCNC(=NCc1ccc(NC(=O)OC)cc1)N1CCSC(C)(C)C1. The summed E-state index contributed by atoms with van der Waals surface area (Å²) in [6, 6.07) is 7.65. The number of carbonyl (C=O) groups is 1. The summed E-state index contributed by atoms with van der Waals surface area (Å²) >= 11 is 2.01. The van der Waals surface area contributed by atoms with Gasteiger partial charge in [-0.2, -0.15) is 11.8 Å². The number of amides is 1. The summed E-state index contributed by atoms with van der Waals surface area (Å²) in [5, 5.41) is 6.04. The van der Waals surface area contributed by atoms with E-state index >= 15 is 0 Å². The lowest BCUT2D eigenvalue weighted by Crippen LogP contribution is -2.50. The maximum atomic E-state index is 11.2. The number of hydrogen-bond acceptors (Lipinski definition) is 4. The van der Waals surface area contributed by atoms with Crippen LogP contribution in [0.5, 0.6) is 0 Å². The van der Waals surface area contributed by atoms with Gasteiger partial charge in [0.2, 0.25) is 0 Å². The molecule has 1 heterocycles. The summed E-state index contributed by atoms with van der Waals surface area (Å²) in [4.78, 5) is 18.3. The molecule has 0 aliphatic carbocycles. The van der Waals surface area contributed by atoms with Crippen LogP contribution in [-0.4, -0.2) is 54.2 Å². The van der Waals surface area contributed by atoms with Crippen LogP contribution < -0.4 is 10.6 Å². The number of carbonyl (C=O) groups excluding carboxylic acids is 1. The minimum atomic E-state index is -0.467. The van der Waals surface area contributed by atoms with E-state index in [2.05, 4.69) is 41.0 Å². The second kappa shape index (κ2) is 8.99. The molecule has 0 bridgehead atoms. The van der Waals surface area contributed by atoms with Crippen LogP contribution in [0.3, 0.4) is 0 Å². The Labute approximate surface area is 154 Å². The highest BCUT2D eigenvalue weighted by Gasteiger charge is 2.28. The highest BCUT2D eigenvalue weighted by molar-refractivity contribution is 8.00. The lowest BCUT2D eigenvalue weighted by Gasteiger charge is -2.39. The molecule has 6 nitrogen and oxygen atoms in total. The van der Waals surface area contributed by atoms with E-state index in [0.29, 0.717) is 12.2 Å². The molecule has 2 rings (SSSR count). The van der Waals surface area contributed by atoms with Gasteiger partial charge in [-0.05, 0) is 38.5 Å². The van der Waals surface area contributed by atoms with Crippen LogP contribution in [0.25, 0.3) is 0 Å². The standard InChI is InChI=1S/C18H28N4O2S/c1-5-19-16(22-10-11-25-18(2,3)13-22)20-12-14-6-8-15(9-7-14)21-17(23)24-4/h6-9H,5,10-13H2,1-4H3,(H,19,20)(H,21,23). The van der Waals surface area contributed by atoms with Gasteiger partial charge in [0.1, 0.15) is 0 Å². The van der Waals surface area contributed by atoms with Crippen molar-refractivity contribution in [3.05, 3.63) is 29.8 Å². The van der Waals surface area contributed by atoms with Crippen LogP contribution in [-0.2, 0) is 11.3 Å². The summed E-state index contributed by atoms with van der Waals surface area (Å²) in [5.74, 6) is 2.08. The first-order valence-electron chi connectivity index (χ1n) is 8.54. The largest absolute Gasteiger partial charge is 0.453 e.